The van der Waals surface area contributed by atoms with Gasteiger partial charge in [-0.05, 0) is 52.9 Å². The van der Waals surface area contributed by atoms with Gasteiger partial charge in [-0.25, -0.2) is 9.97 Å². The van der Waals surface area contributed by atoms with Crippen LogP contribution in [0, 0.1) is 6.92 Å². The number of aromatic nitrogens is 2. The highest BCUT2D eigenvalue weighted by atomic mass is 16.2. The molecule has 4 aromatic rings. The lowest BCUT2D eigenvalue weighted by Gasteiger charge is -2.29. The van der Waals surface area contributed by atoms with Crippen molar-refractivity contribution in [3.63, 3.8) is 0 Å². The summed E-state index contributed by atoms with van der Waals surface area (Å²) in [6.07, 6.45) is 4.61. The van der Waals surface area contributed by atoms with Crippen molar-refractivity contribution >= 4 is 16.7 Å². The normalized spacial score (nSPS) is 13.3. The van der Waals surface area contributed by atoms with Gasteiger partial charge in [-0.3, -0.25) is 4.79 Å². The fourth-order valence-electron chi connectivity index (χ4n) is 4.05. The summed E-state index contributed by atoms with van der Waals surface area (Å²) in [4.78, 5) is 23.7. The second kappa shape index (κ2) is 7.13. The highest BCUT2D eigenvalue weighted by Gasteiger charge is 2.21. The number of rotatable bonds is 2. The summed E-state index contributed by atoms with van der Waals surface area (Å²) < 4.78 is 0. The topological polar surface area (TPSA) is 46.1 Å². The highest BCUT2D eigenvalue weighted by Crippen LogP contribution is 2.29. The first kappa shape index (κ1) is 17.6. The van der Waals surface area contributed by atoms with Crippen molar-refractivity contribution < 1.29 is 4.79 Å². The molecule has 0 unspecified atom stereocenters. The van der Waals surface area contributed by atoms with E-state index in [0.717, 1.165) is 46.3 Å². The second-order valence-corrected chi connectivity index (χ2v) is 7.51. The Bertz CT molecular complexity index is 1210. The molecule has 0 fully saturated rings. The van der Waals surface area contributed by atoms with E-state index in [2.05, 4.69) is 40.3 Å². The zero-order chi connectivity index (χ0) is 19.8. The van der Waals surface area contributed by atoms with Crippen molar-refractivity contribution in [1.82, 2.24) is 14.9 Å². The van der Waals surface area contributed by atoms with Gasteiger partial charge in [-0.2, -0.15) is 0 Å². The number of benzene rings is 3. The molecule has 5 rings (SSSR count). The highest BCUT2D eigenvalue weighted by molar-refractivity contribution is 6.02. The minimum atomic E-state index is 0.0884. The van der Waals surface area contributed by atoms with E-state index in [1.807, 2.05) is 54.5 Å². The third-order valence-electron chi connectivity index (χ3n) is 5.64. The lowest BCUT2D eigenvalue weighted by atomic mass is 9.97. The molecule has 4 nitrogen and oxygen atoms in total. The Morgan fingerprint density at radius 1 is 0.931 bits per heavy atom. The van der Waals surface area contributed by atoms with Crippen LogP contribution in [0.25, 0.3) is 21.9 Å². The van der Waals surface area contributed by atoms with Crippen LogP contribution < -0.4 is 0 Å². The first-order chi connectivity index (χ1) is 14.2. The van der Waals surface area contributed by atoms with Crippen molar-refractivity contribution in [3.8, 4) is 11.1 Å². The van der Waals surface area contributed by atoms with E-state index in [0.29, 0.717) is 6.54 Å². The Morgan fingerprint density at radius 2 is 1.72 bits per heavy atom. The number of aryl methyl sites for hydroxylation is 1. The number of hydrogen-bond donors (Lipinski definition) is 0. The lowest BCUT2D eigenvalue weighted by Crippen LogP contribution is -2.35. The SMILES string of the molecule is Cc1ncc(-c2cccc3cc(C(=O)N4CCc5ccccc5C4)ccc23)cn1. The van der Waals surface area contributed by atoms with Crippen molar-refractivity contribution in [2.45, 2.75) is 19.9 Å². The monoisotopic (exact) mass is 379 g/mol. The van der Waals surface area contributed by atoms with Crippen molar-refractivity contribution in [2.75, 3.05) is 6.54 Å². The molecule has 0 saturated carbocycles. The molecular weight excluding hydrogens is 358 g/mol. The first-order valence-electron chi connectivity index (χ1n) is 9.87. The molecule has 29 heavy (non-hydrogen) atoms. The molecule has 2 heterocycles. The Labute approximate surface area is 169 Å². The van der Waals surface area contributed by atoms with E-state index >= 15 is 0 Å². The van der Waals surface area contributed by atoms with Gasteiger partial charge in [-0.15, -0.1) is 0 Å². The molecule has 0 aliphatic carbocycles. The van der Waals surface area contributed by atoms with Gasteiger partial charge in [0.15, 0.2) is 0 Å². The second-order valence-electron chi connectivity index (χ2n) is 7.51. The van der Waals surface area contributed by atoms with Gasteiger partial charge >= 0.3 is 0 Å². The number of amides is 1. The van der Waals surface area contributed by atoms with Crippen LogP contribution in [0.5, 0.6) is 0 Å². The van der Waals surface area contributed by atoms with E-state index in [4.69, 9.17) is 0 Å². The van der Waals surface area contributed by atoms with Crippen LogP contribution in [0.2, 0.25) is 0 Å². The molecule has 0 atom stereocenters. The van der Waals surface area contributed by atoms with E-state index in [1.165, 1.54) is 11.1 Å². The maximum atomic E-state index is 13.2. The average Bonchev–Trinajstić information content (AvgIpc) is 2.78. The summed E-state index contributed by atoms with van der Waals surface area (Å²) in [7, 11) is 0. The summed E-state index contributed by atoms with van der Waals surface area (Å²) >= 11 is 0. The molecule has 142 valence electrons. The summed E-state index contributed by atoms with van der Waals surface area (Å²) in [5.41, 5.74) is 5.38. The number of fused-ring (bicyclic) bond motifs is 2. The molecule has 0 bridgehead atoms. The smallest absolute Gasteiger partial charge is 0.254 e. The van der Waals surface area contributed by atoms with E-state index in [1.54, 1.807) is 0 Å². The molecule has 0 spiro atoms. The largest absolute Gasteiger partial charge is 0.334 e. The molecule has 0 radical (unpaired) electrons. The van der Waals surface area contributed by atoms with Gasteiger partial charge in [0, 0.05) is 36.6 Å². The summed E-state index contributed by atoms with van der Waals surface area (Å²) in [6, 6.07) is 20.5. The number of hydrogen-bond acceptors (Lipinski definition) is 3. The van der Waals surface area contributed by atoms with Gasteiger partial charge in [0.2, 0.25) is 0 Å². The fourth-order valence-corrected chi connectivity index (χ4v) is 4.05. The Kier molecular flexibility index (Phi) is 4.32. The molecule has 1 aliphatic rings. The molecular formula is C25H21N3O. The summed E-state index contributed by atoms with van der Waals surface area (Å²) in [5, 5.41) is 2.15. The predicted molar refractivity (Wildman–Crippen MR) is 115 cm³/mol. The molecule has 0 N–H and O–H groups in total. The van der Waals surface area contributed by atoms with Crippen molar-refractivity contribution in [2.24, 2.45) is 0 Å². The summed E-state index contributed by atoms with van der Waals surface area (Å²) in [6.45, 7) is 3.31. The van der Waals surface area contributed by atoms with Crippen LogP contribution in [-0.2, 0) is 13.0 Å². The number of carbonyl (C=O) groups excluding carboxylic acids is 1. The van der Waals surface area contributed by atoms with Gasteiger partial charge in [0.1, 0.15) is 5.82 Å². The van der Waals surface area contributed by atoms with Crippen LogP contribution in [0.15, 0.2) is 73.1 Å². The van der Waals surface area contributed by atoms with E-state index in [9.17, 15) is 4.79 Å². The standard InChI is InChI=1S/C25H21N3O/c1-17-26-14-22(15-27-17)23-8-4-7-19-13-20(9-10-24(19)23)25(29)28-12-11-18-5-2-3-6-21(18)16-28/h2-10,13-15H,11-12,16H2,1H3. The predicted octanol–water partition coefficient (Wildman–Crippen LogP) is 4.80. The van der Waals surface area contributed by atoms with Gasteiger partial charge in [0.05, 0.1) is 0 Å². The fraction of sp³-hybridized carbons (Fsp3) is 0.160. The average molecular weight is 379 g/mol. The minimum Gasteiger partial charge on any atom is -0.334 e. The lowest BCUT2D eigenvalue weighted by molar-refractivity contribution is 0.0735. The van der Waals surface area contributed by atoms with Crippen LogP contribution in [0.3, 0.4) is 0 Å². The molecule has 1 aromatic heterocycles. The summed E-state index contributed by atoms with van der Waals surface area (Å²) in [5.74, 6) is 0.843. The Balaban J connectivity index is 1.48. The minimum absolute atomic E-state index is 0.0884. The van der Waals surface area contributed by atoms with E-state index in [-0.39, 0.29) is 5.91 Å². The van der Waals surface area contributed by atoms with Crippen LogP contribution in [-0.4, -0.2) is 27.3 Å². The first-order valence-corrected chi connectivity index (χ1v) is 9.87. The Morgan fingerprint density at radius 3 is 2.55 bits per heavy atom. The van der Waals surface area contributed by atoms with Crippen LogP contribution >= 0.6 is 0 Å². The molecule has 1 amide bonds. The maximum Gasteiger partial charge on any atom is 0.254 e. The maximum absolute atomic E-state index is 13.2. The third kappa shape index (κ3) is 3.27. The zero-order valence-electron chi connectivity index (χ0n) is 16.3. The number of nitrogens with zero attached hydrogens (tertiary/aromatic N) is 3. The third-order valence-corrected chi connectivity index (χ3v) is 5.64. The van der Waals surface area contributed by atoms with E-state index < -0.39 is 0 Å². The molecule has 4 heteroatoms. The quantitative estimate of drug-likeness (QED) is 0.502. The zero-order valence-corrected chi connectivity index (χ0v) is 16.3. The number of carbonyl (C=O) groups is 1. The Hall–Kier alpha value is -3.53. The van der Waals surface area contributed by atoms with Crippen molar-refractivity contribution in [3.05, 3.63) is 95.6 Å². The molecule has 0 saturated heterocycles. The van der Waals surface area contributed by atoms with Crippen LogP contribution in [0.1, 0.15) is 27.3 Å². The van der Waals surface area contributed by atoms with Crippen LogP contribution in [0.4, 0.5) is 0 Å². The molecule has 1 aliphatic heterocycles. The molecule has 3 aromatic carbocycles. The van der Waals surface area contributed by atoms with Gasteiger partial charge in [-0.1, -0.05) is 48.5 Å². The van der Waals surface area contributed by atoms with Gasteiger partial charge < -0.3 is 4.90 Å². The van der Waals surface area contributed by atoms with Crippen molar-refractivity contribution in [1.29, 1.82) is 0 Å². The van der Waals surface area contributed by atoms with Gasteiger partial charge in [0.25, 0.3) is 5.91 Å².